The number of hydrogen-bond acceptors (Lipinski definition) is 4. The van der Waals surface area contributed by atoms with Gasteiger partial charge in [0.25, 0.3) is 5.91 Å². The first kappa shape index (κ1) is 20.7. The Bertz CT molecular complexity index is 754. The summed E-state index contributed by atoms with van der Waals surface area (Å²) in [6.45, 7) is 1.05. The van der Waals surface area contributed by atoms with Crippen LogP contribution < -0.4 is 5.32 Å². The van der Waals surface area contributed by atoms with Gasteiger partial charge in [-0.3, -0.25) is 4.79 Å². The lowest BCUT2D eigenvalue weighted by Gasteiger charge is -2.27. The van der Waals surface area contributed by atoms with E-state index in [-0.39, 0.29) is 5.69 Å². The summed E-state index contributed by atoms with van der Waals surface area (Å²) in [5.41, 5.74) is -3.37. The number of sulfone groups is 1. The SMILES string of the molecule is CC(O)(CS(=O)(=O)C1CCCCC1)C(=O)Nc1cccc(C(F)(F)F)c1. The molecule has 0 radical (unpaired) electrons. The van der Waals surface area contributed by atoms with Crippen molar-refractivity contribution in [2.45, 2.75) is 56.1 Å². The van der Waals surface area contributed by atoms with Crippen molar-refractivity contribution in [3.63, 3.8) is 0 Å². The highest BCUT2D eigenvalue weighted by molar-refractivity contribution is 7.92. The van der Waals surface area contributed by atoms with Gasteiger partial charge in [-0.05, 0) is 38.0 Å². The van der Waals surface area contributed by atoms with Crippen molar-refractivity contribution in [2.24, 2.45) is 0 Å². The van der Waals surface area contributed by atoms with Crippen molar-refractivity contribution in [3.8, 4) is 0 Å². The highest BCUT2D eigenvalue weighted by Crippen LogP contribution is 2.31. The highest BCUT2D eigenvalue weighted by Gasteiger charge is 2.40. The lowest BCUT2D eigenvalue weighted by Crippen LogP contribution is -2.48. The Kier molecular flexibility index (Phi) is 6.02. The van der Waals surface area contributed by atoms with Gasteiger partial charge in [-0.1, -0.05) is 25.3 Å². The van der Waals surface area contributed by atoms with E-state index in [1.807, 2.05) is 0 Å². The van der Waals surface area contributed by atoms with E-state index in [0.29, 0.717) is 12.8 Å². The minimum atomic E-state index is -4.58. The van der Waals surface area contributed by atoms with Gasteiger partial charge in [0.15, 0.2) is 15.4 Å². The van der Waals surface area contributed by atoms with E-state index in [1.54, 1.807) is 0 Å². The summed E-state index contributed by atoms with van der Waals surface area (Å²) < 4.78 is 63.1. The molecule has 1 aliphatic carbocycles. The summed E-state index contributed by atoms with van der Waals surface area (Å²) in [7, 11) is -3.70. The molecule has 1 atom stereocenters. The van der Waals surface area contributed by atoms with Crippen molar-refractivity contribution in [1.82, 2.24) is 0 Å². The number of hydrogen-bond donors (Lipinski definition) is 2. The van der Waals surface area contributed by atoms with Gasteiger partial charge < -0.3 is 10.4 Å². The number of nitrogens with one attached hydrogen (secondary N) is 1. The van der Waals surface area contributed by atoms with Gasteiger partial charge in [0.1, 0.15) is 0 Å². The monoisotopic (exact) mass is 393 g/mol. The molecule has 0 saturated heterocycles. The van der Waals surface area contributed by atoms with Crippen LogP contribution in [0.15, 0.2) is 24.3 Å². The number of amides is 1. The van der Waals surface area contributed by atoms with Crippen LogP contribution in [0.5, 0.6) is 0 Å². The Morgan fingerprint density at radius 2 is 1.85 bits per heavy atom. The third kappa shape index (κ3) is 5.20. The largest absolute Gasteiger partial charge is 0.416 e. The van der Waals surface area contributed by atoms with Gasteiger partial charge in [0.2, 0.25) is 0 Å². The molecule has 146 valence electrons. The Morgan fingerprint density at radius 1 is 1.23 bits per heavy atom. The average molecular weight is 393 g/mol. The van der Waals surface area contributed by atoms with Crippen molar-refractivity contribution >= 4 is 21.4 Å². The quantitative estimate of drug-likeness (QED) is 0.805. The molecule has 5 nitrogen and oxygen atoms in total. The standard InChI is InChI=1S/C17H22F3NO4S/c1-16(23,11-26(24,25)14-8-3-2-4-9-14)15(22)21-13-7-5-6-12(10-13)17(18,19)20/h5-7,10,14,23H,2-4,8-9,11H2,1H3,(H,21,22). The van der Waals surface area contributed by atoms with Gasteiger partial charge in [-0.2, -0.15) is 13.2 Å². The lowest BCUT2D eigenvalue weighted by atomic mass is 10.0. The zero-order chi connectivity index (χ0) is 19.6. The molecule has 1 aromatic rings. The first-order valence-corrected chi connectivity index (χ1v) is 10.1. The van der Waals surface area contributed by atoms with E-state index >= 15 is 0 Å². The predicted molar refractivity (Wildman–Crippen MR) is 91.4 cm³/mol. The number of halogens is 3. The first-order chi connectivity index (χ1) is 11.9. The van der Waals surface area contributed by atoms with E-state index in [4.69, 9.17) is 0 Å². The molecule has 1 fully saturated rings. The third-order valence-corrected chi connectivity index (χ3v) is 6.93. The molecule has 0 heterocycles. The minimum Gasteiger partial charge on any atom is -0.379 e. The fourth-order valence-corrected chi connectivity index (χ4v) is 5.24. The summed E-state index contributed by atoms with van der Waals surface area (Å²) in [6, 6.07) is 3.93. The van der Waals surface area contributed by atoms with E-state index in [0.717, 1.165) is 44.4 Å². The molecule has 2 rings (SSSR count). The molecule has 0 spiro atoms. The normalized spacial score (nSPS) is 19.0. The van der Waals surface area contributed by atoms with Crippen LogP contribution in [0.25, 0.3) is 0 Å². The molecule has 0 bridgehead atoms. The number of alkyl halides is 3. The van der Waals surface area contributed by atoms with Crippen LogP contribution in [0.1, 0.15) is 44.6 Å². The summed E-state index contributed by atoms with van der Waals surface area (Å²) in [5, 5.41) is 11.9. The molecule has 0 aromatic heterocycles. The van der Waals surface area contributed by atoms with Gasteiger partial charge in [0.05, 0.1) is 16.6 Å². The summed E-state index contributed by atoms with van der Waals surface area (Å²) in [4.78, 5) is 12.2. The predicted octanol–water partition coefficient (Wildman–Crippen LogP) is 3.14. The molecular formula is C17H22F3NO4S. The molecular weight excluding hydrogens is 371 g/mol. The summed E-state index contributed by atoms with van der Waals surface area (Å²) in [5.74, 6) is -1.83. The van der Waals surface area contributed by atoms with Crippen molar-refractivity contribution < 1.29 is 31.5 Å². The molecule has 26 heavy (non-hydrogen) atoms. The van der Waals surface area contributed by atoms with E-state index in [9.17, 15) is 31.5 Å². The maximum absolute atomic E-state index is 12.7. The van der Waals surface area contributed by atoms with Gasteiger partial charge in [-0.15, -0.1) is 0 Å². The minimum absolute atomic E-state index is 0.167. The topological polar surface area (TPSA) is 83.5 Å². The van der Waals surface area contributed by atoms with Crippen LogP contribution in [0.2, 0.25) is 0 Å². The Hall–Kier alpha value is -1.61. The van der Waals surface area contributed by atoms with Gasteiger partial charge in [-0.25, -0.2) is 8.42 Å². The number of aliphatic hydroxyl groups is 1. The molecule has 0 aliphatic heterocycles. The van der Waals surface area contributed by atoms with Gasteiger partial charge >= 0.3 is 6.18 Å². The Balaban J connectivity index is 2.10. The van der Waals surface area contributed by atoms with Crippen LogP contribution in [-0.4, -0.2) is 36.0 Å². The third-order valence-electron chi connectivity index (χ3n) is 4.48. The molecule has 1 saturated carbocycles. The van der Waals surface area contributed by atoms with E-state index < -0.39 is 44.1 Å². The van der Waals surface area contributed by atoms with Crippen molar-refractivity contribution in [3.05, 3.63) is 29.8 Å². The molecule has 1 amide bonds. The van der Waals surface area contributed by atoms with E-state index in [1.165, 1.54) is 6.07 Å². The van der Waals surface area contributed by atoms with Crippen LogP contribution in [0.4, 0.5) is 18.9 Å². The van der Waals surface area contributed by atoms with Gasteiger partial charge in [0, 0.05) is 5.69 Å². The maximum Gasteiger partial charge on any atom is 0.416 e. The fourth-order valence-electron chi connectivity index (χ4n) is 3.04. The van der Waals surface area contributed by atoms with Crippen molar-refractivity contribution in [2.75, 3.05) is 11.1 Å². The zero-order valence-corrected chi connectivity index (χ0v) is 15.2. The van der Waals surface area contributed by atoms with Crippen LogP contribution >= 0.6 is 0 Å². The van der Waals surface area contributed by atoms with Crippen LogP contribution in [-0.2, 0) is 20.8 Å². The molecule has 9 heteroatoms. The molecule has 1 aromatic carbocycles. The fraction of sp³-hybridized carbons (Fsp3) is 0.588. The summed E-state index contributed by atoms with van der Waals surface area (Å²) in [6.07, 6.45) is -1.07. The number of rotatable bonds is 5. The lowest BCUT2D eigenvalue weighted by molar-refractivity contribution is -0.137. The number of carbonyl (C=O) groups excluding carboxylic acids is 1. The molecule has 1 aliphatic rings. The second kappa shape index (κ2) is 7.56. The number of benzene rings is 1. The number of carbonyl (C=O) groups is 1. The average Bonchev–Trinajstić information content (AvgIpc) is 2.54. The first-order valence-electron chi connectivity index (χ1n) is 8.34. The van der Waals surface area contributed by atoms with Crippen molar-refractivity contribution in [1.29, 1.82) is 0 Å². The zero-order valence-electron chi connectivity index (χ0n) is 14.3. The molecule has 1 unspecified atom stereocenters. The Labute approximate surface area is 150 Å². The molecule has 2 N–H and O–H groups in total. The maximum atomic E-state index is 12.7. The Morgan fingerprint density at radius 3 is 2.42 bits per heavy atom. The second-order valence-corrected chi connectivity index (χ2v) is 9.15. The smallest absolute Gasteiger partial charge is 0.379 e. The number of anilines is 1. The van der Waals surface area contributed by atoms with Crippen LogP contribution in [0.3, 0.4) is 0 Å². The second-order valence-electron chi connectivity index (χ2n) is 6.87. The summed E-state index contributed by atoms with van der Waals surface area (Å²) >= 11 is 0. The van der Waals surface area contributed by atoms with E-state index in [2.05, 4.69) is 5.32 Å². The highest BCUT2D eigenvalue weighted by atomic mass is 32.2. The van der Waals surface area contributed by atoms with Crippen LogP contribution in [0, 0.1) is 0 Å².